The fourth-order valence-electron chi connectivity index (χ4n) is 3.73. The van der Waals surface area contributed by atoms with Crippen molar-refractivity contribution in [1.29, 1.82) is 0 Å². The summed E-state index contributed by atoms with van der Waals surface area (Å²) in [6.45, 7) is 3.35. The normalized spacial score (nSPS) is 29.4. The Morgan fingerprint density at radius 3 is 2.73 bits per heavy atom. The van der Waals surface area contributed by atoms with Crippen LogP contribution in [0, 0.1) is 5.92 Å². The molecule has 1 saturated carbocycles. The highest BCUT2D eigenvalue weighted by molar-refractivity contribution is 5.07. The van der Waals surface area contributed by atoms with E-state index < -0.39 is 12.1 Å². The summed E-state index contributed by atoms with van der Waals surface area (Å²) in [6.07, 6.45) is 1.17. The molecule has 0 unspecified atom stereocenters. The summed E-state index contributed by atoms with van der Waals surface area (Å²) >= 11 is 0. The first-order chi connectivity index (χ1) is 10.4. The predicted molar refractivity (Wildman–Crippen MR) is 76.3 cm³/mol. The molecule has 22 heavy (non-hydrogen) atoms. The van der Waals surface area contributed by atoms with Crippen LogP contribution in [0.4, 0.5) is 13.2 Å². The Bertz CT molecular complexity index is 511. The summed E-state index contributed by atoms with van der Waals surface area (Å²) in [5.41, 5.74) is 0. The van der Waals surface area contributed by atoms with Gasteiger partial charge < -0.3 is 9.88 Å². The van der Waals surface area contributed by atoms with Gasteiger partial charge in [0.25, 0.3) is 0 Å². The Hall–Kier alpha value is -1.11. The Morgan fingerprint density at radius 2 is 2.00 bits per heavy atom. The van der Waals surface area contributed by atoms with Gasteiger partial charge in [0.2, 0.25) is 0 Å². The SMILES string of the molecule is C[C@@H]1CCC[C@@H](NCc2nnc3n2CCC[C@@H]3C(F)(F)F)C1. The molecule has 0 bridgehead atoms. The summed E-state index contributed by atoms with van der Waals surface area (Å²) in [5, 5.41) is 11.3. The number of hydrogen-bond donors (Lipinski definition) is 1. The molecule has 3 rings (SSSR count). The third kappa shape index (κ3) is 3.29. The molecule has 1 fully saturated rings. The van der Waals surface area contributed by atoms with Crippen molar-refractivity contribution in [3.8, 4) is 0 Å². The molecular weight excluding hydrogens is 293 g/mol. The molecule has 124 valence electrons. The van der Waals surface area contributed by atoms with Crippen LogP contribution < -0.4 is 5.32 Å². The van der Waals surface area contributed by atoms with Gasteiger partial charge in [-0.1, -0.05) is 19.8 Å². The lowest BCUT2D eigenvalue weighted by Crippen LogP contribution is -2.34. The van der Waals surface area contributed by atoms with Crippen LogP contribution in [0.3, 0.4) is 0 Å². The Morgan fingerprint density at radius 1 is 1.18 bits per heavy atom. The summed E-state index contributed by atoms with van der Waals surface area (Å²) in [7, 11) is 0. The number of hydrogen-bond acceptors (Lipinski definition) is 3. The monoisotopic (exact) mass is 316 g/mol. The van der Waals surface area contributed by atoms with Crippen LogP contribution in [0.15, 0.2) is 0 Å². The average molecular weight is 316 g/mol. The van der Waals surface area contributed by atoms with Gasteiger partial charge in [0.15, 0.2) is 0 Å². The van der Waals surface area contributed by atoms with E-state index in [1.54, 1.807) is 4.57 Å². The number of fused-ring (bicyclic) bond motifs is 1. The van der Waals surface area contributed by atoms with Crippen molar-refractivity contribution in [2.24, 2.45) is 5.92 Å². The lowest BCUT2D eigenvalue weighted by molar-refractivity contribution is -0.156. The number of halogens is 3. The van der Waals surface area contributed by atoms with Crippen molar-refractivity contribution in [3.05, 3.63) is 11.6 Å². The minimum absolute atomic E-state index is 0.0903. The van der Waals surface area contributed by atoms with Gasteiger partial charge in [0, 0.05) is 12.6 Å². The van der Waals surface area contributed by atoms with Gasteiger partial charge in [0.1, 0.15) is 17.6 Å². The van der Waals surface area contributed by atoms with E-state index in [2.05, 4.69) is 22.4 Å². The maximum absolute atomic E-state index is 13.1. The molecule has 2 heterocycles. The van der Waals surface area contributed by atoms with E-state index in [0.29, 0.717) is 37.3 Å². The molecule has 1 N–H and O–H groups in total. The molecule has 1 aliphatic carbocycles. The van der Waals surface area contributed by atoms with Crippen molar-refractivity contribution >= 4 is 0 Å². The lowest BCUT2D eigenvalue weighted by Gasteiger charge is -2.28. The third-order valence-corrected chi connectivity index (χ3v) is 4.92. The standard InChI is InChI=1S/C15H23F3N4/c1-10-4-2-5-11(8-10)19-9-13-20-21-14-12(15(16,17)18)6-3-7-22(13)14/h10-12,19H,2-9H2,1H3/t10-,11-,12+/m1/s1. The molecule has 0 spiro atoms. The van der Waals surface area contributed by atoms with Crippen molar-refractivity contribution in [2.75, 3.05) is 0 Å². The van der Waals surface area contributed by atoms with Crippen molar-refractivity contribution < 1.29 is 13.2 Å². The molecule has 4 nitrogen and oxygen atoms in total. The number of aromatic nitrogens is 3. The van der Waals surface area contributed by atoms with Crippen LogP contribution in [0.2, 0.25) is 0 Å². The highest BCUT2D eigenvalue weighted by atomic mass is 19.4. The predicted octanol–water partition coefficient (Wildman–Crippen LogP) is 3.39. The number of nitrogens with one attached hydrogen (secondary N) is 1. The van der Waals surface area contributed by atoms with Crippen LogP contribution >= 0.6 is 0 Å². The molecule has 1 aromatic heterocycles. The Kier molecular flexibility index (Phi) is 4.43. The van der Waals surface area contributed by atoms with Crippen molar-refractivity contribution in [2.45, 2.75) is 76.7 Å². The molecule has 0 saturated heterocycles. The maximum atomic E-state index is 13.1. The molecule has 0 amide bonds. The van der Waals surface area contributed by atoms with Crippen LogP contribution in [0.1, 0.15) is 63.0 Å². The second-order valence-electron chi connectivity index (χ2n) is 6.71. The summed E-state index contributed by atoms with van der Waals surface area (Å²) in [5.74, 6) is -0.0138. The van der Waals surface area contributed by atoms with Gasteiger partial charge >= 0.3 is 6.18 Å². The minimum Gasteiger partial charge on any atom is -0.313 e. The maximum Gasteiger partial charge on any atom is 0.398 e. The first-order valence-electron chi connectivity index (χ1n) is 8.17. The first kappa shape index (κ1) is 15.8. The van der Waals surface area contributed by atoms with Gasteiger partial charge in [-0.2, -0.15) is 13.2 Å². The molecule has 2 aliphatic rings. The highest BCUT2D eigenvalue weighted by Crippen LogP contribution is 2.40. The molecule has 0 radical (unpaired) electrons. The number of rotatable bonds is 3. The van der Waals surface area contributed by atoms with E-state index in [9.17, 15) is 13.2 Å². The smallest absolute Gasteiger partial charge is 0.313 e. The van der Waals surface area contributed by atoms with Crippen LogP contribution in [0.5, 0.6) is 0 Å². The third-order valence-electron chi connectivity index (χ3n) is 4.92. The first-order valence-corrected chi connectivity index (χ1v) is 8.17. The number of alkyl halides is 3. The second-order valence-corrected chi connectivity index (χ2v) is 6.71. The van der Waals surface area contributed by atoms with Crippen LogP contribution in [-0.4, -0.2) is 27.0 Å². The van der Waals surface area contributed by atoms with Crippen molar-refractivity contribution in [3.63, 3.8) is 0 Å². The molecule has 0 aromatic carbocycles. The molecule has 7 heteroatoms. The zero-order valence-electron chi connectivity index (χ0n) is 12.9. The highest BCUT2D eigenvalue weighted by Gasteiger charge is 2.45. The average Bonchev–Trinajstić information content (AvgIpc) is 2.87. The lowest BCUT2D eigenvalue weighted by atomic mass is 9.87. The fraction of sp³-hybridized carbons (Fsp3) is 0.867. The van der Waals surface area contributed by atoms with Gasteiger partial charge in [-0.15, -0.1) is 10.2 Å². The minimum atomic E-state index is -4.23. The van der Waals surface area contributed by atoms with E-state index in [-0.39, 0.29) is 12.2 Å². The van der Waals surface area contributed by atoms with Crippen LogP contribution in [-0.2, 0) is 13.1 Å². The quantitative estimate of drug-likeness (QED) is 0.929. The summed E-state index contributed by atoms with van der Waals surface area (Å²) in [4.78, 5) is 0. The van der Waals surface area contributed by atoms with Crippen LogP contribution in [0.25, 0.3) is 0 Å². The van der Waals surface area contributed by atoms with Gasteiger partial charge in [-0.25, -0.2) is 0 Å². The molecule has 3 atom stereocenters. The van der Waals surface area contributed by atoms with Gasteiger partial charge in [-0.05, 0) is 31.6 Å². The molecule has 1 aromatic rings. The largest absolute Gasteiger partial charge is 0.398 e. The Labute approximate surface area is 128 Å². The molecule has 1 aliphatic heterocycles. The summed E-state index contributed by atoms with van der Waals surface area (Å²) in [6, 6.07) is 0.443. The van der Waals surface area contributed by atoms with E-state index in [0.717, 1.165) is 12.8 Å². The van der Waals surface area contributed by atoms with E-state index in [4.69, 9.17) is 0 Å². The number of nitrogens with zero attached hydrogens (tertiary/aromatic N) is 3. The Balaban J connectivity index is 1.67. The molecular formula is C15H23F3N4. The fourth-order valence-corrected chi connectivity index (χ4v) is 3.73. The van der Waals surface area contributed by atoms with E-state index >= 15 is 0 Å². The second kappa shape index (κ2) is 6.18. The van der Waals surface area contributed by atoms with Gasteiger partial charge in [0.05, 0.1) is 6.54 Å². The zero-order valence-corrected chi connectivity index (χ0v) is 12.9. The van der Waals surface area contributed by atoms with Gasteiger partial charge in [-0.3, -0.25) is 0 Å². The van der Waals surface area contributed by atoms with Crippen molar-refractivity contribution in [1.82, 2.24) is 20.1 Å². The van der Waals surface area contributed by atoms with E-state index in [1.165, 1.54) is 12.8 Å². The summed E-state index contributed by atoms with van der Waals surface area (Å²) < 4.78 is 40.8. The zero-order chi connectivity index (χ0) is 15.7. The topological polar surface area (TPSA) is 42.7 Å². The van der Waals surface area contributed by atoms with E-state index in [1.807, 2.05) is 0 Å².